The number of rotatable bonds is 4. The quantitative estimate of drug-likeness (QED) is 0.448. The summed E-state index contributed by atoms with van der Waals surface area (Å²) in [4.78, 5) is 4.20. The lowest BCUT2D eigenvalue weighted by Gasteiger charge is -2.23. The van der Waals surface area contributed by atoms with E-state index in [0.717, 1.165) is 0 Å². The first-order valence-electron chi connectivity index (χ1n) is 6.35. The Bertz CT molecular complexity index is 473. The fraction of sp³-hybridized carbons (Fsp3) is 0.462. The summed E-state index contributed by atoms with van der Waals surface area (Å²) in [6, 6.07) is 5.34. The molecular weight excluding hydrogens is 398 g/mol. The monoisotopic (exact) mass is 415 g/mol. The Hall–Kier alpha value is -1.19. The Balaban J connectivity index is 0.00000220. The van der Waals surface area contributed by atoms with Crippen molar-refractivity contribution in [3.63, 3.8) is 0 Å². The minimum Gasteiger partial charge on any atom is -0.406 e. The molecule has 0 bridgehead atoms. The van der Waals surface area contributed by atoms with Crippen molar-refractivity contribution in [2.24, 2.45) is 16.6 Å². The molecule has 1 saturated carbocycles. The standard InChI is InChI=1S/C13H16F3N3O.HI/c14-13(15,16)20-11-6-4-10(5-7-11)19-12(17)18-8-9-2-1-3-9;/h4-7,9H,1-3,8H2,(H3,17,18,19);1H. The largest absolute Gasteiger partial charge is 0.573 e. The van der Waals surface area contributed by atoms with Crippen molar-refractivity contribution >= 4 is 35.6 Å². The van der Waals surface area contributed by atoms with Gasteiger partial charge in [0.1, 0.15) is 5.75 Å². The first-order valence-corrected chi connectivity index (χ1v) is 6.35. The molecule has 1 fully saturated rings. The van der Waals surface area contributed by atoms with Gasteiger partial charge in [0.2, 0.25) is 0 Å². The zero-order chi connectivity index (χ0) is 14.6. The SMILES string of the molecule is I.NC(=NCC1CCC1)Nc1ccc(OC(F)(F)F)cc1. The zero-order valence-corrected chi connectivity index (χ0v) is 13.5. The smallest absolute Gasteiger partial charge is 0.406 e. The van der Waals surface area contributed by atoms with E-state index < -0.39 is 6.36 Å². The van der Waals surface area contributed by atoms with Crippen LogP contribution in [-0.4, -0.2) is 18.9 Å². The topological polar surface area (TPSA) is 59.6 Å². The van der Waals surface area contributed by atoms with E-state index in [1.54, 1.807) is 0 Å². The van der Waals surface area contributed by atoms with Gasteiger partial charge in [0.25, 0.3) is 0 Å². The van der Waals surface area contributed by atoms with E-state index in [1.165, 1.54) is 43.5 Å². The Kier molecular flexibility index (Phi) is 6.56. The van der Waals surface area contributed by atoms with Gasteiger partial charge in [-0.2, -0.15) is 0 Å². The number of alkyl halides is 3. The highest BCUT2D eigenvalue weighted by molar-refractivity contribution is 14.0. The van der Waals surface area contributed by atoms with Crippen LogP contribution in [0.15, 0.2) is 29.3 Å². The molecule has 0 heterocycles. The third-order valence-corrected chi connectivity index (χ3v) is 3.10. The number of benzene rings is 1. The number of nitrogens with one attached hydrogen (secondary N) is 1. The van der Waals surface area contributed by atoms with Crippen molar-refractivity contribution in [3.8, 4) is 5.75 Å². The zero-order valence-electron chi connectivity index (χ0n) is 11.2. The summed E-state index contributed by atoms with van der Waals surface area (Å²) < 4.78 is 39.7. The Morgan fingerprint density at radius 3 is 2.38 bits per heavy atom. The van der Waals surface area contributed by atoms with Crippen molar-refractivity contribution < 1.29 is 17.9 Å². The van der Waals surface area contributed by atoms with Gasteiger partial charge in [-0.3, -0.25) is 4.99 Å². The molecule has 0 aliphatic heterocycles. The summed E-state index contributed by atoms with van der Waals surface area (Å²) in [6.07, 6.45) is -1.08. The number of ether oxygens (including phenoxy) is 1. The van der Waals surface area contributed by atoms with Crippen LogP contribution >= 0.6 is 24.0 Å². The lowest BCUT2D eigenvalue weighted by Crippen LogP contribution is -2.25. The molecular formula is C13H17F3IN3O. The van der Waals surface area contributed by atoms with Gasteiger partial charge in [0, 0.05) is 12.2 Å². The second-order valence-corrected chi connectivity index (χ2v) is 4.72. The molecule has 0 aromatic heterocycles. The predicted octanol–water partition coefficient (Wildman–Crippen LogP) is 3.73. The molecule has 21 heavy (non-hydrogen) atoms. The number of nitrogens with two attached hydrogens (primary N) is 1. The maximum absolute atomic E-state index is 12.0. The number of hydrogen-bond donors (Lipinski definition) is 2. The number of guanidine groups is 1. The number of halogens is 4. The van der Waals surface area contributed by atoms with E-state index in [-0.39, 0.29) is 35.7 Å². The van der Waals surface area contributed by atoms with E-state index >= 15 is 0 Å². The highest BCUT2D eigenvalue weighted by Gasteiger charge is 2.30. The van der Waals surface area contributed by atoms with Crippen molar-refractivity contribution in [2.45, 2.75) is 25.6 Å². The van der Waals surface area contributed by atoms with Crippen LogP contribution in [0.5, 0.6) is 5.75 Å². The molecule has 0 saturated heterocycles. The highest BCUT2D eigenvalue weighted by Crippen LogP contribution is 2.26. The van der Waals surface area contributed by atoms with Crippen LogP contribution in [-0.2, 0) is 0 Å². The normalized spacial score (nSPS) is 15.9. The van der Waals surface area contributed by atoms with Crippen LogP contribution in [0.2, 0.25) is 0 Å². The number of nitrogens with zero attached hydrogens (tertiary/aromatic N) is 1. The molecule has 0 atom stereocenters. The lowest BCUT2D eigenvalue weighted by atomic mass is 9.86. The third-order valence-electron chi connectivity index (χ3n) is 3.10. The first kappa shape index (κ1) is 17.9. The molecule has 2 rings (SSSR count). The molecule has 0 spiro atoms. The molecule has 0 radical (unpaired) electrons. The average Bonchev–Trinajstić information content (AvgIpc) is 2.28. The van der Waals surface area contributed by atoms with Crippen LogP contribution in [0, 0.1) is 5.92 Å². The molecule has 1 aromatic carbocycles. The molecule has 1 aromatic rings. The summed E-state index contributed by atoms with van der Waals surface area (Å²) in [6.45, 7) is 0.689. The third kappa shape index (κ3) is 6.40. The number of anilines is 1. The van der Waals surface area contributed by atoms with E-state index in [2.05, 4.69) is 15.0 Å². The van der Waals surface area contributed by atoms with Gasteiger partial charge >= 0.3 is 6.36 Å². The molecule has 4 nitrogen and oxygen atoms in total. The van der Waals surface area contributed by atoms with Crippen molar-refractivity contribution in [1.29, 1.82) is 0 Å². The molecule has 118 valence electrons. The van der Waals surface area contributed by atoms with Crippen LogP contribution in [0.1, 0.15) is 19.3 Å². The van der Waals surface area contributed by atoms with Gasteiger partial charge in [-0.15, -0.1) is 37.1 Å². The molecule has 1 aliphatic rings. The molecule has 1 aliphatic carbocycles. The van der Waals surface area contributed by atoms with Gasteiger partial charge in [-0.05, 0) is 43.0 Å². The molecule has 0 amide bonds. The summed E-state index contributed by atoms with van der Waals surface area (Å²) in [5.41, 5.74) is 6.26. The number of hydrogen-bond acceptors (Lipinski definition) is 2. The second-order valence-electron chi connectivity index (χ2n) is 4.72. The van der Waals surface area contributed by atoms with E-state index in [9.17, 15) is 13.2 Å². The average molecular weight is 415 g/mol. The van der Waals surface area contributed by atoms with Crippen molar-refractivity contribution in [1.82, 2.24) is 0 Å². The molecule has 3 N–H and O–H groups in total. The van der Waals surface area contributed by atoms with Crippen molar-refractivity contribution in [3.05, 3.63) is 24.3 Å². The maximum atomic E-state index is 12.0. The summed E-state index contributed by atoms with van der Waals surface area (Å²) in [5.74, 6) is 0.604. The predicted molar refractivity (Wildman–Crippen MR) is 86.0 cm³/mol. The Morgan fingerprint density at radius 2 is 1.90 bits per heavy atom. The molecule has 0 unspecified atom stereocenters. The van der Waals surface area contributed by atoms with Gasteiger partial charge in [-0.25, -0.2) is 0 Å². The van der Waals surface area contributed by atoms with Gasteiger partial charge in [0.15, 0.2) is 5.96 Å². The first-order chi connectivity index (χ1) is 9.42. The molecule has 8 heteroatoms. The number of aliphatic imine (C=N–C) groups is 1. The van der Waals surface area contributed by atoms with Gasteiger partial charge < -0.3 is 15.8 Å². The van der Waals surface area contributed by atoms with Crippen LogP contribution in [0.3, 0.4) is 0 Å². The fourth-order valence-corrected chi connectivity index (χ4v) is 1.83. The minimum atomic E-state index is -4.68. The van der Waals surface area contributed by atoms with Crippen LogP contribution in [0.4, 0.5) is 18.9 Å². The summed E-state index contributed by atoms with van der Waals surface area (Å²) in [7, 11) is 0. The van der Waals surface area contributed by atoms with E-state index in [0.29, 0.717) is 18.2 Å². The van der Waals surface area contributed by atoms with E-state index in [1.807, 2.05) is 0 Å². The summed E-state index contributed by atoms with van der Waals surface area (Å²) in [5, 5.41) is 2.83. The highest BCUT2D eigenvalue weighted by atomic mass is 127. The van der Waals surface area contributed by atoms with Crippen LogP contribution in [0.25, 0.3) is 0 Å². The summed E-state index contributed by atoms with van der Waals surface area (Å²) >= 11 is 0. The maximum Gasteiger partial charge on any atom is 0.573 e. The second kappa shape index (κ2) is 7.71. The van der Waals surface area contributed by atoms with E-state index in [4.69, 9.17) is 5.73 Å². The minimum absolute atomic E-state index is 0. The van der Waals surface area contributed by atoms with Crippen LogP contribution < -0.4 is 15.8 Å². The Morgan fingerprint density at radius 1 is 1.29 bits per heavy atom. The Labute approximate surface area is 138 Å². The fourth-order valence-electron chi connectivity index (χ4n) is 1.83. The van der Waals surface area contributed by atoms with Gasteiger partial charge in [-0.1, -0.05) is 6.42 Å². The van der Waals surface area contributed by atoms with Gasteiger partial charge in [0.05, 0.1) is 0 Å². The lowest BCUT2D eigenvalue weighted by molar-refractivity contribution is -0.274. The van der Waals surface area contributed by atoms with Crippen molar-refractivity contribution in [2.75, 3.05) is 11.9 Å².